The molecule has 20 heavy (non-hydrogen) atoms. The molecule has 0 spiro atoms. The summed E-state index contributed by atoms with van der Waals surface area (Å²) in [4.78, 5) is 1.16. The van der Waals surface area contributed by atoms with Crippen LogP contribution in [0.1, 0.15) is 5.56 Å². The Bertz CT molecular complexity index is 531. The van der Waals surface area contributed by atoms with Gasteiger partial charge >= 0.3 is 0 Å². The number of para-hydroxylation sites is 1. The third-order valence-electron chi connectivity index (χ3n) is 2.87. The van der Waals surface area contributed by atoms with Crippen LogP contribution in [-0.4, -0.2) is 19.5 Å². The first kappa shape index (κ1) is 14.8. The topological polar surface area (TPSA) is 44.5 Å². The quantitative estimate of drug-likeness (QED) is 0.627. The number of hydrogen-bond donors (Lipinski definition) is 1. The van der Waals surface area contributed by atoms with Crippen LogP contribution in [0.15, 0.2) is 53.4 Å². The molecule has 106 valence electrons. The predicted molar refractivity (Wildman–Crippen MR) is 83.5 cm³/mol. The van der Waals surface area contributed by atoms with E-state index >= 15 is 0 Å². The minimum atomic E-state index is 0.478. The second kappa shape index (κ2) is 7.82. The standard InChI is InChI=1S/C16H19NO2S/c1-20-16-9-5-8-15(14(16)12-17)19-11-10-18-13-6-3-2-4-7-13/h2-9H,10-12,17H2,1H3. The second-order valence-electron chi connectivity index (χ2n) is 4.15. The van der Waals surface area contributed by atoms with Crippen LogP contribution in [0, 0.1) is 0 Å². The van der Waals surface area contributed by atoms with Crippen LogP contribution in [0.25, 0.3) is 0 Å². The van der Waals surface area contributed by atoms with Crippen LogP contribution >= 0.6 is 11.8 Å². The summed E-state index contributed by atoms with van der Waals surface area (Å²) in [6, 6.07) is 15.7. The zero-order valence-electron chi connectivity index (χ0n) is 11.5. The van der Waals surface area contributed by atoms with Crippen molar-refractivity contribution in [1.29, 1.82) is 0 Å². The van der Waals surface area contributed by atoms with Crippen molar-refractivity contribution in [3.05, 3.63) is 54.1 Å². The summed E-state index contributed by atoms with van der Waals surface area (Å²) >= 11 is 1.68. The molecule has 0 amide bonds. The SMILES string of the molecule is CSc1cccc(OCCOc2ccccc2)c1CN. The molecule has 0 unspecified atom stereocenters. The molecule has 0 bridgehead atoms. The zero-order valence-corrected chi connectivity index (χ0v) is 12.4. The molecule has 2 aromatic rings. The van der Waals surface area contributed by atoms with Crippen molar-refractivity contribution < 1.29 is 9.47 Å². The van der Waals surface area contributed by atoms with Crippen molar-refractivity contribution in [2.24, 2.45) is 5.73 Å². The molecule has 0 aliphatic rings. The lowest BCUT2D eigenvalue weighted by Crippen LogP contribution is -2.11. The Balaban J connectivity index is 1.88. The third kappa shape index (κ3) is 3.92. The minimum Gasteiger partial charge on any atom is -0.490 e. The van der Waals surface area contributed by atoms with Crippen molar-refractivity contribution in [2.75, 3.05) is 19.5 Å². The van der Waals surface area contributed by atoms with E-state index in [-0.39, 0.29) is 0 Å². The molecule has 2 N–H and O–H groups in total. The Labute approximate surface area is 124 Å². The second-order valence-corrected chi connectivity index (χ2v) is 5.00. The van der Waals surface area contributed by atoms with Gasteiger partial charge in [0.05, 0.1) is 0 Å². The van der Waals surface area contributed by atoms with Gasteiger partial charge < -0.3 is 15.2 Å². The number of benzene rings is 2. The Hall–Kier alpha value is -1.65. The normalized spacial score (nSPS) is 10.3. The number of nitrogens with two attached hydrogens (primary N) is 1. The lowest BCUT2D eigenvalue weighted by molar-refractivity contribution is 0.215. The van der Waals surface area contributed by atoms with Crippen LogP contribution in [-0.2, 0) is 6.54 Å². The molecule has 0 saturated carbocycles. The largest absolute Gasteiger partial charge is 0.490 e. The number of rotatable bonds is 7. The van der Waals surface area contributed by atoms with Crippen LogP contribution in [0.3, 0.4) is 0 Å². The van der Waals surface area contributed by atoms with E-state index in [1.54, 1.807) is 11.8 Å². The molecular weight excluding hydrogens is 270 g/mol. The Morgan fingerprint density at radius 2 is 1.70 bits per heavy atom. The molecule has 0 atom stereocenters. The van der Waals surface area contributed by atoms with E-state index in [0.717, 1.165) is 22.0 Å². The van der Waals surface area contributed by atoms with Crippen molar-refractivity contribution in [2.45, 2.75) is 11.4 Å². The van der Waals surface area contributed by atoms with E-state index in [0.29, 0.717) is 19.8 Å². The molecule has 2 rings (SSSR count). The molecule has 0 aliphatic carbocycles. The highest BCUT2D eigenvalue weighted by molar-refractivity contribution is 7.98. The van der Waals surface area contributed by atoms with E-state index in [4.69, 9.17) is 15.2 Å². The van der Waals surface area contributed by atoms with Gasteiger partial charge in [0.15, 0.2) is 0 Å². The fourth-order valence-electron chi connectivity index (χ4n) is 1.90. The maximum Gasteiger partial charge on any atom is 0.125 e. The van der Waals surface area contributed by atoms with Gasteiger partial charge in [0.1, 0.15) is 24.7 Å². The molecule has 0 aromatic heterocycles. The molecule has 2 aromatic carbocycles. The summed E-state index contributed by atoms with van der Waals surface area (Å²) in [5.41, 5.74) is 6.85. The molecule has 4 heteroatoms. The molecule has 0 radical (unpaired) electrons. The van der Waals surface area contributed by atoms with E-state index in [1.807, 2.05) is 48.7 Å². The lowest BCUT2D eigenvalue weighted by atomic mass is 10.2. The number of hydrogen-bond acceptors (Lipinski definition) is 4. The first-order chi connectivity index (χ1) is 9.85. The van der Waals surface area contributed by atoms with Gasteiger partial charge in [0.25, 0.3) is 0 Å². The lowest BCUT2D eigenvalue weighted by Gasteiger charge is -2.13. The smallest absolute Gasteiger partial charge is 0.125 e. The summed E-state index contributed by atoms with van der Waals surface area (Å²) < 4.78 is 11.4. The maximum atomic E-state index is 5.80. The summed E-state index contributed by atoms with van der Waals surface area (Å²) in [6.07, 6.45) is 2.04. The van der Waals surface area contributed by atoms with Crippen molar-refractivity contribution >= 4 is 11.8 Å². The Morgan fingerprint density at radius 3 is 2.40 bits per heavy atom. The summed E-state index contributed by atoms with van der Waals surface area (Å²) in [5.74, 6) is 1.70. The maximum absolute atomic E-state index is 5.80. The van der Waals surface area contributed by atoms with E-state index in [1.165, 1.54) is 0 Å². The molecule has 3 nitrogen and oxygen atoms in total. The highest BCUT2D eigenvalue weighted by atomic mass is 32.2. The fourth-order valence-corrected chi connectivity index (χ4v) is 2.55. The average molecular weight is 289 g/mol. The molecule has 0 fully saturated rings. The molecular formula is C16H19NO2S. The van der Waals surface area contributed by atoms with Gasteiger partial charge in [0, 0.05) is 17.0 Å². The predicted octanol–water partition coefficient (Wildman–Crippen LogP) is 3.33. The van der Waals surface area contributed by atoms with Gasteiger partial charge in [-0.2, -0.15) is 0 Å². The van der Waals surface area contributed by atoms with Crippen LogP contribution < -0.4 is 15.2 Å². The number of ether oxygens (including phenoxy) is 2. The third-order valence-corrected chi connectivity index (χ3v) is 3.69. The fraction of sp³-hybridized carbons (Fsp3) is 0.250. The molecule has 0 saturated heterocycles. The van der Waals surface area contributed by atoms with Crippen LogP contribution in [0.2, 0.25) is 0 Å². The highest BCUT2D eigenvalue weighted by Crippen LogP contribution is 2.28. The van der Waals surface area contributed by atoms with Gasteiger partial charge in [0.2, 0.25) is 0 Å². The van der Waals surface area contributed by atoms with Crippen molar-refractivity contribution in [3.63, 3.8) is 0 Å². The highest BCUT2D eigenvalue weighted by Gasteiger charge is 2.07. The summed E-state index contributed by atoms with van der Waals surface area (Å²) in [7, 11) is 0. The van der Waals surface area contributed by atoms with E-state index in [9.17, 15) is 0 Å². The van der Waals surface area contributed by atoms with Gasteiger partial charge in [-0.1, -0.05) is 24.3 Å². The Kier molecular flexibility index (Phi) is 5.77. The zero-order chi connectivity index (χ0) is 14.2. The average Bonchev–Trinajstić information content (AvgIpc) is 2.52. The number of thioether (sulfide) groups is 1. The molecule has 0 aliphatic heterocycles. The first-order valence-electron chi connectivity index (χ1n) is 6.51. The van der Waals surface area contributed by atoms with Gasteiger partial charge in [-0.3, -0.25) is 0 Å². The Morgan fingerprint density at radius 1 is 0.950 bits per heavy atom. The van der Waals surface area contributed by atoms with E-state index in [2.05, 4.69) is 6.07 Å². The minimum absolute atomic E-state index is 0.478. The van der Waals surface area contributed by atoms with Gasteiger partial charge in [-0.25, -0.2) is 0 Å². The van der Waals surface area contributed by atoms with Gasteiger partial charge in [-0.15, -0.1) is 11.8 Å². The van der Waals surface area contributed by atoms with Crippen LogP contribution in [0.4, 0.5) is 0 Å². The van der Waals surface area contributed by atoms with Crippen molar-refractivity contribution in [3.8, 4) is 11.5 Å². The summed E-state index contributed by atoms with van der Waals surface area (Å²) in [5, 5.41) is 0. The van der Waals surface area contributed by atoms with Gasteiger partial charge in [-0.05, 0) is 30.5 Å². The van der Waals surface area contributed by atoms with Crippen LogP contribution in [0.5, 0.6) is 11.5 Å². The summed E-state index contributed by atoms with van der Waals surface area (Å²) in [6.45, 7) is 1.49. The van der Waals surface area contributed by atoms with Crippen molar-refractivity contribution in [1.82, 2.24) is 0 Å². The van der Waals surface area contributed by atoms with E-state index < -0.39 is 0 Å². The monoisotopic (exact) mass is 289 g/mol. The first-order valence-corrected chi connectivity index (χ1v) is 7.74. The molecule has 0 heterocycles.